The van der Waals surface area contributed by atoms with Crippen LogP contribution in [0.15, 0.2) is 36.8 Å². The lowest BCUT2D eigenvalue weighted by molar-refractivity contribution is 0.445. The van der Waals surface area contributed by atoms with E-state index in [4.69, 9.17) is 0 Å². The summed E-state index contributed by atoms with van der Waals surface area (Å²) < 4.78 is 14.9. The number of fused-ring (bicyclic) bond motifs is 1. The number of halogens is 1. The smallest absolute Gasteiger partial charge is 0.168 e. The third-order valence-corrected chi connectivity index (χ3v) is 4.37. The third kappa shape index (κ3) is 2.54. The summed E-state index contributed by atoms with van der Waals surface area (Å²) in [5.41, 5.74) is 1.54. The molecule has 1 aromatic carbocycles. The summed E-state index contributed by atoms with van der Waals surface area (Å²) in [4.78, 5) is 11.2. The van der Waals surface area contributed by atoms with Gasteiger partial charge in [0.25, 0.3) is 0 Å². The predicted molar refractivity (Wildman–Crippen MR) is 87.2 cm³/mol. The molecule has 0 saturated carbocycles. The Bertz CT molecular complexity index is 827. The van der Waals surface area contributed by atoms with Crippen molar-refractivity contribution in [3.8, 4) is 5.69 Å². The number of hydrogen-bond donors (Lipinski definition) is 0. The van der Waals surface area contributed by atoms with Crippen molar-refractivity contribution in [1.29, 1.82) is 0 Å². The summed E-state index contributed by atoms with van der Waals surface area (Å²) >= 11 is 0. The Morgan fingerprint density at radius 1 is 1.17 bits per heavy atom. The lowest BCUT2D eigenvalue weighted by Gasteiger charge is -2.31. The Kier molecular flexibility index (Phi) is 3.44. The predicted octanol–water partition coefficient (Wildman–Crippen LogP) is 3.19. The van der Waals surface area contributed by atoms with Crippen LogP contribution >= 0.6 is 0 Å². The molecule has 23 heavy (non-hydrogen) atoms. The van der Waals surface area contributed by atoms with Crippen molar-refractivity contribution in [2.45, 2.75) is 19.8 Å². The van der Waals surface area contributed by atoms with Gasteiger partial charge in [-0.1, -0.05) is 6.92 Å². The molecule has 0 unspecified atom stereocenters. The zero-order valence-corrected chi connectivity index (χ0v) is 13.0. The summed E-state index contributed by atoms with van der Waals surface area (Å²) in [5.74, 6) is 1.35. The number of rotatable bonds is 2. The summed E-state index contributed by atoms with van der Waals surface area (Å²) in [6.45, 7) is 4.29. The molecule has 118 valence electrons. The average molecular weight is 311 g/mol. The first kappa shape index (κ1) is 14.1. The van der Waals surface area contributed by atoms with E-state index in [-0.39, 0.29) is 5.82 Å². The Hall–Kier alpha value is -2.50. The summed E-state index contributed by atoms with van der Waals surface area (Å²) in [6, 6.07) is 6.26. The summed E-state index contributed by atoms with van der Waals surface area (Å²) in [5, 5.41) is 5.37. The highest BCUT2D eigenvalue weighted by atomic mass is 19.1. The molecule has 3 aromatic rings. The minimum absolute atomic E-state index is 0.261. The molecule has 0 amide bonds. The molecule has 0 spiro atoms. The van der Waals surface area contributed by atoms with Gasteiger partial charge in [0.1, 0.15) is 18.0 Å². The van der Waals surface area contributed by atoms with Gasteiger partial charge in [0.2, 0.25) is 0 Å². The maximum absolute atomic E-state index is 13.1. The quantitative estimate of drug-likeness (QED) is 0.729. The first-order valence-corrected chi connectivity index (χ1v) is 7.92. The molecule has 4 rings (SSSR count). The van der Waals surface area contributed by atoms with Crippen LogP contribution in [0.25, 0.3) is 16.7 Å². The van der Waals surface area contributed by atoms with Crippen LogP contribution in [0.1, 0.15) is 19.8 Å². The van der Waals surface area contributed by atoms with E-state index in [2.05, 4.69) is 26.9 Å². The molecule has 0 radical (unpaired) electrons. The van der Waals surface area contributed by atoms with E-state index in [9.17, 15) is 4.39 Å². The van der Waals surface area contributed by atoms with Gasteiger partial charge in [-0.15, -0.1) is 0 Å². The van der Waals surface area contributed by atoms with E-state index in [1.807, 2.05) is 0 Å². The standard InChI is InChI=1S/C17H18FN5/c1-12-3-2-8-22(10-12)16-15-9-21-23(17(15)20-11-19-16)14-6-4-13(18)5-7-14/h4-7,9,11-12H,2-3,8,10H2,1H3/t12-/m1/s1. The Morgan fingerprint density at radius 3 is 2.78 bits per heavy atom. The topological polar surface area (TPSA) is 46.8 Å². The van der Waals surface area contributed by atoms with Crippen molar-refractivity contribution < 1.29 is 4.39 Å². The van der Waals surface area contributed by atoms with Gasteiger partial charge < -0.3 is 4.90 Å². The van der Waals surface area contributed by atoms with Crippen LogP contribution in [0.2, 0.25) is 0 Å². The fraction of sp³-hybridized carbons (Fsp3) is 0.353. The number of piperidine rings is 1. The van der Waals surface area contributed by atoms with Crippen molar-refractivity contribution >= 4 is 16.9 Å². The number of nitrogens with zero attached hydrogens (tertiary/aromatic N) is 5. The lowest BCUT2D eigenvalue weighted by Crippen LogP contribution is -2.34. The monoisotopic (exact) mass is 311 g/mol. The highest BCUT2D eigenvalue weighted by molar-refractivity contribution is 5.87. The van der Waals surface area contributed by atoms with E-state index in [0.29, 0.717) is 5.92 Å². The molecular weight excluding hydrogens is 293 g/mol. The van der Waals surface area contributed by atoms with E-state index in [1.165, 1.54) is 25.0 Å². The first-order valence-electron chi connectivity index (χ1n) is 7.92. The largest absolute Gasteiger partial charge is 0.356 e. The molecule has 2 aromatic heterocycles. The summed E-state index contributed by atoms with van der Waals surface area (Å²) in [7, 11) is 0. The van der Waals surface area contributed by atoms with E-state index in [1.54, 1.807) is 29.3 Å². The highest BCUT2D eigenvalue weighted by Crippen LogP contribution is 2.28. The van der Waals surface area contributed by atoms with Crippen LogP contribution in [0.4, 0.5) is 10.2 Å². The lowest BCUT2D eigenvalue weighted by atomic mass is 10.0. The van der Waals surface area contributed by atoms with Gasteiger partial charge in [-0.2, -0.15) is 5.10 Å². The van der Waals surface area contributed by atoms with E-state index >= 15 is 0 Å². The van der Waals surface area contributed by atoms with Crippen molar-refractivity contribution in [3.05, 3.63) is 42.6 Å². The van der Waals surface area contributed by atoms with Gasteiger partial charge in [-0.3, -0.25) is 0 Å². The molecule has 5 nitrogen and oxygen atoms in total. The second kappa shape index (κ2) is 5.61. The highest BCUT2D eigenvalue weighted by Gasteiger charge is 2.21. The zero-order chi connectivity index (χ0) is 15.8. The van der Waals surface area contributed by atoms with Crippen LogP contribution in [0.3, 0.4) is 0 Å². The molecule has 1 fully saturated rings. The molecule has 6 heteroatoms. The van der Waals surface area contributed by atoms with Crippen LogP contribution in [0.5, 0.6) is 0 Å². The Morgan fingerprint density at radius 2 is 2.00 bits per heavy atom. The molecule has 1 saturated heterocycles. The molecule has 0 N–H and O–H groups in total. The van der Waals surface area contributed by atoms with Crippen molar-refractivity contribution in [2.24, 2.45) is 5.92 Å². The second-order valence-electron chi connectivity index (χ2n) is 6.16. The molecule has 1 atom stereocenters. The zero-order valence-electron chi connectivity index (χ0n) is 13.0. The summed E-state index contributed by atoms with van der Waals surface area (Å²) in [6.07, 6.45) is 5.82. The van der Waals surface area contributed by atoms with Crippen molar-refractivity contribution in [1.82, 2.24) is 19.7 Å². The van der Waals surface area contributed by atoms with Gasteiger partial charge in [0, 0.05) is 13.1 Å². The van der Waals surface area contributed by atoms with E-state index < -0.39 is 0 Å². The molecule has 0 bridgehead atoms. The van der Waals surface area contributed by atoms with Gasteiger partial charge >= 0.3 is 0 Å². The molecule has 3 heterocycles. The van der Waals surface area contributed by atoms with Gasteiger partial charge in [-0.05, 0) is 43.0 Å². The Balaban J connectivity index is 1.78. The Labute approximate surface area is 133 Å². The molecule has 0 aliphatic carbocycles. The van der Waals surface area contributed by atoms with Crippen molar-refractivity contribution in [3.63, 3.8) is 0 Å². The van der Waals surface area contributed by atoms with Gasteiger partial charge in [-0.25, -0.2) is 19.0 Å². The van der Waals surface area contributed by atoms with Crippen LogP contribution in [-0.4, -0.2) is 32.8 Å². The third-order valence-electron chi connectivity index (χ3n) is 4.37. The van der Waals surface area contributed by atoms with E-state index in [0.717, 1.165) is 35.6 Å². The number of aromatic nitrogens is 4. The van der Waals surface area contributed by atoms with Gasteiger partial charge in [0.15, 0.2) is 5.65 Å². The van der Waals surface area contributed by atoms with Crippen LogP contribution in [-0.2, 0) is 0 Å². The minimum Gasteiger partial charge on any atom is -0.356 e. The van der Waals surface area contributed by atoms with Crippen LogP contribution < -0.4 is 4.90 Å². The fourth-order valence-electron chi connectivity index (χ4n) is 3.24. The average Bonchev–Trinajstić information content (AvgIpc) is 2.99. The number of anilines is 1. The number of hydrogen-bond acceptors (Lipinski definition) is 4. The first-order chi connectivity index (χ1) is 11.2. The van der Waals surface area contributed by atoms with Crippen LogP contribution in [0, 0.1) is 11.7 Å². The molecule has 1 aliphatic heterocycles. The molecular formula is C17H18FN5. The fourth-order valence-corrected chi connectivity index (χ4v) is 3.24. The minimum atomic E-state index is -0.261. The normalized spacial score (nSPS) is 18.5. The SMILES string of the molecule is C[C@@H]1CCCN(c2ncnc3c2cnn3-c2ccc(F)cc2)C1. The maximum atomic E-state index is 13.1. The number of benzene rings is 1. The second-order valence-corrected chi connectivity index (χ2v) is 6.16. The van der Waals surface area contributed by atoms with Crippen molar-refractivity contribution in [2.75, 3.05) is 18.0 Å². The van der Waals surface area contributed by atoms with Gasteiger partial charge in [0.05, 0.1) is 17.3 Å². The maximum Gasteiger partial charge on any atom is 0.168 e. The molecule has 1 aliphatic rings.